The van der Waals surface area contributed by atoms with Crippen LogP contribution in [0.3, 0.4) is 0 Å². The first-order valence-corrected chi connectivity index (χ1v) is 10.8. The fourth-order valence-corrected chi connectivity index (χ4v) is 4.01. The van der Waals surface area contributed by atoms with E-state index in [1.54, 1.807) is 0 Å². The Bertz CT molecular complexity index is 1510. The lowest BCUT2D eigenvalue weighted by molar-refractivity contribution is -0.137. The minimum absolute atomic E-state index is 0.0644. The zero-order valence-electron chi connectivity index (χ0n) is 17.1. The molecule has 1 aromatic heterocycles. The molecule has 0 saturated carbocycles. The van der Waals surface area contributed by atoms with Crippen LogP contribution < -0.4 is 5.32 Å². The van der Waals surface area contributed by atoms with Crippen molar-refractivity contribution < 1.29 is 27.2 Å². The van der Waals surface area contributed by atoms with Crippen molar-refractivity contribution in [2.45, 2.75) is 11.1 Å². The third-order valence-corrected chi connectivity index (χ3v) is 6.20. The highest BCUT2D eigenvalue weighted by Gasteiger charge is 2.35. The van der Waals surface area contributed by atoms with E-state index in [9.17, 15) is 27.2 Å². The van der Waals surface area contributed by atoms with Gasteiger partial charge in [0.05, 0.1) is 37.9 Å². The fraction of sp³-hybridized carbons (Fsp3) is 0.0435. The topological polar surface area (TPSA) is 72.0 Å². The molecule has 0 aliphatic rings. The third-order valence-electron chi connectivity index (χ3n) is 4.92. The molecule has 0 atom stereocenters. The highest BCUT2D eigenvalue weighted by molar-refractivity contribution is 7.80. The summed E-state index contributed by atoms with van der Waals surface area (Å²) in [6.45, 7) is 0. The lowest BCUT2D eigenvalue weighted by Gasteiger charge is -2.14. The first-order chi connectivity index (χ1) is 16.5. The van der Waals surface area contributed by atoms with Crippen LogP contribution in [0.15, 0.2) is 59.8 Å². The summed E-state index contributed by atoms with van der Waals surface area (Å²) in [6.07, 6.45) is -1.93. The zero-order chi connectivity index (χ0) is 25.5. The maximum atomic E-state index is 14.6. The summed E-state index contributed by atoms with van der Waals surface area (Å²) < 4.78 is 54.4. The van der Waals surface area contributed by atoms with Gasteiger partial charge in [-0.05, 0) is 42.5 Å². The Morgan fingerprint density at radius 1 is 0.886 bits per heavy atom. The number of fused-ring (bicyclic) bond motifs is 1. The molecule has 178 valence electrons. The van der Waals surface area contributed by atoms with Crippen LogP contribution in [0.4, 0.5) is 23.2 Å². The van der Waals surface area contributed by atoms with Gasteiger partial charge in [0.1, 0.15) is 5.82 Å². The predicted molar refractivity (Wildman–Crippen MR) is 126 cm³/mol. The van der Waals surface area contributed by atoms with Gasteiger partial charge in [-0.25, -0.2) is 4.39 Å². The number of nitrogens with one attached hydrogen (secondary N) is 1. The fourth-order valence-electron chi connectivity index (χ4n) is 3.25. The summed E-state index contributed by atoms with van der Waals surface area (Å²) >= 11 is 15.8. The van der Waals surface area contributed by atoms with Gasteiger partial charge < -0.3 is 5.32 Å². The smallest absolute Gasteiger partial charge is 0.321 e. The van der Waals surface area contributed by atoms with Gasteiger partial charge in [-0.2, -0.15) is 13.2 Å². The first-order valence-electron chi connectivity index (χ1n) is 9.62. The van der Waals surface area contributed by atoms with E-state index in [4.69, 9.17) is 23.2 Å². The van der Waals surface area contributed by atoms with Crippen molar-refractivity contribution in [3.63, 3.8) is 0 Å². The van der Waals surface area contributed by atoms with E-state index in [1.807, 2.05) is 0 Å². The number of halogens is 6. The van der Waals surface area contributed by atoms with Crippen molar-refractivity contribution in [2.24, 2.45) is 0 Å². The molecule has 12 heteroatoms. The summed E-state index contributed by atoms with van der Waals surface area (Å²) in [4.78, 5) is 33.6. The lowest BCUT2D eigenvalue weighted by Crippen LogP contribution is -2.16. The van der Waals surface area contributed by atoms with E-state index in [1.165, 1.54) is 30.6 Å². The molecule has 4 aromatic rings. The molecule has 0 aliphatic carbocycles. The average molecular weight is 540 g/mol. The van der Waals surface area contributed by atoms with Gasteiger partial charge in [-0.3, -0.25) is 19.6 Å². The second kappa shape index (κ2) is 9.44. The van der Waals surface area contributed by atoms with E-state index >= 15 is 0 Å². The summed E-state index contributed by atoms with van der Waals surface area (Å²) in [6, 6.07) is 7.93. The highest BCUT2D eigenvalue weighted by Crippen LogP contribution is 2.39. The number of alkyl halides is 3. The number of thiol groups is 1. The summed E-state index contributed by atoms with van der Waals surface area (Å²) in [5, 5.41) is 1.21. The number of rotatable bonds is 4. The molecule has 1 amide bonds. The molecule has 1 heterocycles. The molecule has 35 heavy (non-hydrogen) atoms. The summed E-state index contributed by atoms with van der Waals surface area (Å²) in [5.74, 6) is -2.75. The Balaban J connectivity index is 1.69. The second-order valence-corrected chi connectivity index (χ2v) is 8.42. The quantitative estimate of drug-likeness (QED) is 0.169. The van der Waals surface area contributed by atoms with Crippen molar-refractivity contribution in [1.29, 1.82) is 0 Å². The SMILES string of the molecule is O=C(Nc1ccc(F)c(C(=O)c2ccc3nccnc3c2)c1Cl)c1cc(S)c(Cl)c(C(F)(F)F)c1. The van der Waals surface area contributed by atoms with E-state index in [-0.39, 0.29) is 16.1 Å². The molecule has 0 spiro atoms. The standard InChI is InChI=1S/C23H11Cl2F4N3O2S/c24-19-12(23(27,28)29)7-11(9-17(19)35)22(34)32-15-4-2-13(26)18(20(15)25)21(33)10-1-3-14-16(8-10)31-6-5-30-14/h1-9,35H,(H,32,34). The number of nitrogens with zero attached hydrogens (tertiary/aromatic N) is 2. The molecule has 5 nitrogen and oxygen atoms in total. The van der Waals surface area contributed by atoms with E-state index in [2.05, 4.69) is 27.9 Å². The largest absolute Gasteiger partial charge is 0.417 e. The van der Waals surface area contributed by atoms with Gasteiger partial charge in [-0.1, -0.05) is 23.2 Å². The Hall–Kier alpha value is -3.21. The van der Waals surface area contributed by atoms with Crippen molar-refractivity contribution in [3.05, 3.63) is 93.0 Å². The first kappa shape index (κ1) is 24.9. The number of carbonyl (C=O) groups excluding carboxylic acids is 2. The minimum Gasteiger partial charge on any atom is -0.321 e. The van der Waals surface area contributed by atoms with Gasteiger partial charge in [0, 0.05) is 28.4 Å². The molecule has 0 radical (unpaired) electrons. The number of ketones is 1. The maximum Gasteiger partial charge on any atom is 0.417 e. The summed E-state index contributed by atoms with van der Waals surface area (Å²) in [7, 11) is 0. The van der Waals surface area contributed by atoms with E-state index in [0.717, 1.165) is 18.2 Å². The molecular weight excluding hydrogens is 529 g/mol. The highest BCUT2D eigenvalue weighted by atomic mass is 35.5. The molecule has 0 unspecified atom stereocenters. The van der Waals surface area contributed by atoms with Crippen LogP contribution in [-0.2, 0) is 6.18 Å². The number of aromatic nitrogens is 2. The third kappa shape index (κ3) is 4.95. The van der Waals surface area contributed by atoms with Crippen LogP contribution in [0, 0.1) is 5.82 Å². The monoisotopic (exact) mass is 539 g/mol. The second-order valence-electron chi connectivity index (χ2n) is 7.18. The van der Waals surface area contributed by atoms with Crippen LogP contribution in [0.2, 0.25) is 10.0 Å². The Morgan fingerprint density at radius 2 is 1.57 bits per heavy atom. The van der Waals surface area contributed by atoms with Crippen LogP contribution in [0.25, 0.3) is 11.0 Å². The van der Waals surface area contributed by atoms with Gasteiger partial charge >= 0.3 is 6.18 Å². The molecule has 0 bridgehead atoms. The Kier molecular flexibility index (Phi) is 6.72. The number of hydrogen-bond acceptors (Lipinski definition) is 5. The molecule has 3 aromatic carbocycles. The van der Waals surface area contributed by atoms with Gasteiger partial charge in [0.15, 0.2) is 5.78 Å². The van der Waals surface area contributed by atoms with Gasteiger partial charge in [0.2, 0.25) is 0 Å². The minimum atomic E-state index is -4.83. The van der Waals surface area contributed by atoms with Gasteiger partial charge in [0.25, 0.3) is 5.91 Å². The zero-order valence-corrected chi connectivity index (χ0v) is 19.5. The van der Waals surface area contributed by atoms with Crippen molar-refractivity contribution in [2.75, 3.05) is 5.32 Å². The number of benzene rings is 3. The van der Waals surface area contributed by atoms with E-state index in [0.29, 0.717) is 17.1 Å². The molecule has 0 saturated heterocycles. The van der Waals surface area contributed by atoms with Crippen LogP contribution in [0.5, 0.6) is 0 Å². The average Bonchev–Trinajstić information content (AvgIpc) is 2.81. The van der Waals surface area contributed by atoms with Crippen molar-refractivity contribution >= 4 is 64.2 Å². The normalized spacial score (nSPS) is 11.5. The van der Waals surface area contributed by atoms with Crippen molar-refractivity contribution in [3.8, 4) is 0 Å². The number of amides is 1. The van der Waals surface area contributed by atoms with Crippen LogP contribution >= 0.6 is 35.8 Å². The summed E-state index contributed by atoms with van der Waals surface area (Å²) in [5.41, 5.74) is -1.42. The van der Waals surface area contributed by atoms with Crippen LogP contribution in [0.1, 0.15) is 31.8 Å². The van der Waals surface area contributed by atoms with E-state index < -0.39 is 50.4 Å². The number of anilines is 1. The van der Waals surface area contributed by atoms with Gasteiger partial charge in [-0.15, -0.1) is 12.6 Å². The van der Waals surface area contributed by atoms with Crippen LogP contribution in [-0.4, -0.2) is 21.7 Å². The van der Waals surface area contributed by atoms with Crippen molar-refractivity contribution in [1.82, 2.24) is 9.97 Å². The predicted octanol–water partition coefficient (Wildman–Crippen LogP) is 6.87. The maximum absolute atomic E-state index is 14.6. The molecule has 1 N–H and O–H groups in total. The number of hydrogen-bond donors (Lipinski definition) is 2. The molecule has 0 aliphatic heterocycles. The molecular formula is C23H11Cl2F4N3O2S. The Morgan fingerprint density at radius 3 is 2.26 bits per heavy atom. The number of carbonyl (C=O) groups is 2. The lowest BCUT2D eigenvalue weighted by atomic mass is 10.0. The molecule has 0 fully saturated rings. The Labute approximate surface area is 210 Å². The molecule has 4 rings (SSSR count).